The molecule has 0 amide bonds. The van der Waals surface area contributed by atoms with Gasteiger partial charge in [0.2, 0.25) is 0 Å². The molecule has 1 nitrogen and oxygen atoms in total. The van der Waals surface area contributed by atoms with E-state index in [-0.39, 0.29) is 5.41 Å². The van der Waals surface area contributed by atoms with E-state index in [1.54, 1.807) is 0 Å². The van der Waals surface area contributed by atoms with Crippen LogP contribution in [0.25, 0.3) is 120 Å². The van der Waals surface area contributed by atoms with Crippen LogP contribution in [0.3, 0.4) is 0 Å². The van der Waals surface area contributed by atoms with Gasteiger partial charge in [0.25, 0.3) is 0 Å². The maximum Gasteiger partial charge on any atom is 0.143 e. The predicted octanol–water partition coefficient (Wildman–Crippen LogP) is 16.7. The van der Waals surface area contributed by atoms with Crippen molar-refractivity contribution in [3.05, 3.63) is 205 Å². The first-order valence-corrected chi connectivity index (χ1v) is 21.0. The Labute approximate surface area is 347 Å². The first-order valence-electron chi connectivity index (χ1n) is 21.0. The average Bonchev–Trinajstić information content (AvgIpc) is 3.77. The van der Waals surface area contributed by atoms with E-state index in [4.69, 9.17) is 4.42 Å². The smallest absolute Gasteiger partial charge is 0.143 e. The van der Waals surface area contributed by atoms with Gasteiger partial charge < -0.3 is 4.42 Å². The van der Waals surface area contributed by atoms with Gasteiger partial charge >= 0.3 is 0 Å². The topological polar surface area (TPSA) is 13.1 Å². The fourth-order valence-electron chi connectivity index (χ4n) is 10.8. The van der Waals surface area contributed by atoms with E-state index < -0.39 is 0 Å². The van der Waals surface area contributed by atoms with Crippen molar-refractivity contribution in [1.82, 2.24) is 0 Å². The Kier molecular flexibility index (Phi) is 6.85. The van der Waals surface area contributed by atoms with Gasteiger partial charge in [-0.3, -0.25) is 0 Å². The Bertz CT molecular complexity index is 3740. The van der Waals surface area contributed by atoms with E-state index in [1.165, 1.54) is 109 Å². The molecule has 0 atom stereocenters. The van der Waals surface area contributed by atoms with E-state index >= 15 is 0 Å². The van der Waals surface area contributed by atoms with E-state index in [0.717, 1.165) is 22.1 Å². The summed E-state index contributed by atoms with van der Waals surface area (Å²) in [6.45, 7) is 4.78. The van der Waals surface area contributed by atoms with Gasteiger partial charge in [0.1, 0.15) is 11.2 Å². The van der Waals surface area contributed by atoms with E-state index in [2.05, 4.69) is 208 Å². The highest BCUT2D eigenvalue weighted by atomic mass is 16.3. The lowest BCUT2D eigenvalue weighted by molar-refractivity contribution is 0.660. The minimum atomic E-state index is -0.189. The fraction of sp³-hybridized carbons (Fsp3) is 0.0508. The van der Waals surface area contributed by atoms with Crippen LogP contribution in [0.2, 0.25) is 0 Å². The largest absolute Gasteiger partial charge is 0.455 e. The lowest BCUT2D eigenvalue weighted by atomic mass is 9.80. The molecule has 280 valence electrons. The summed E-state index contributed by atoms with van der Waals surface area (Å²) in [5.41, 5.74) is 14.4. The van der Waals surface area contributed by atoms with Gasteiger partial charge in [-0.2, -0.15) is 0 Å². The molecule has 1 aliphatic carbocycles. The third-order valence-electron chi connectivity index (χ3n) is 13.6. The van der Waals surface area contributed by atoms with Gasteiger partial charge in [-0.25, -0.2) is 0 Å². The number of hydrogen-bond acceptors (Lipinski definition) is 1. The normalized spacial score (nSPS) is 13.3. The fourth-order valence-corrected chi connectivity index (χ4v) is 10.8. The van der Waals surface area contributed by atoms with Crippen molar-refractivity contribution < 1.29 is 4.42 Å². The molecule has 0 unspecified atom stereocenters. The molecule has 1 heterocycles. The molecule has 0 saturated carbocycles. The van der Waals surface area contributed by atoms with Crippen LogP contribution in [0, 0.1) is 0 Å². The number of benzene rings is 11. The molecule has 12 aromatic rings. The molecule has 0 fully saturated rings. The Morgan fingerprint density at radius 2 is 0.917 bits per heavy atom. The molecule has 0 bridgehead atoms. The molecule has 1 aromatic heterocycles. The monoisotopic (exact) mass is 762 g/mol. The molecule has 0 spiro atoms. The lowest BCUT2D eigenvalue weighted by Gasteiger charge is -2.23. The van der Waals surface area contributed by atoms with Crippen LogP contribution in [-0.4, -0.2) is 0 Å². The molecule has 1 aliphatic rings. The molecular formula is C59H38O. The Morgan fingerprint density at radius 1 is 0.333 bits per heavy atom. The molecule has 0 radical (unpaired) electrons. The minimum absolute atomic E-state index is 0.189. The van der Waals surface area contributed by atoms with Crippen molar-refractivity contribution in [2.24, 2.45) is 0 Å². The summed E-state index contributed by atoms with van der Waals surface area (Å²) in [4.78, 5) is 0. The van der Waals surface area contributed by atoms with Crippen LogP contribution in [0.1, 0.15) is 25.0 Å². The zero-order valence-electron chi connectivity index (χ0n) is 33.4. The van der Waals surface area contributed by atoms with E-state index in [9.17, 15) is 0 Å². The van der Waals surface area contributed by atoms with Crippen LogP contribution >= 0.6 is 0 Å². The van der Waals surface area contributed by atoms with Crippen LogP contribution in [-0.2, 0) is 5.41 Å². The van der Waals surface area contributed by atoms with E-state index in [1.807, 2.05) is 0 Å². The molecule has 60 heavy (non-hydrogen) atoms. The highest BCUT2D eigenvalue weighted by Gasteiger charge is 2.36. The van der Waals surface area contributed by atoms with Crippen LogP contribution in [0.4, 0.5) is 0 Å². The van der Waals surface area contributed by atoms with Crippen LogP contribution < -0.4 is 0 Å². The van der Waals surface area contributed by atoms with Crippen molar-refractivity contribution in [2.45, 2.75) is 19.3 Å². The number of rotatable bonds is 3. The van der Waals surface area contributed by atoms with Gasteiger partial charge in [-0.05, 0) is 134 Å². The maximum absolute atomic E-state index is 6.88. The average molecular weight is 763 g/mol. The zero-order valence-corrected chi connectivity index (χ0v) is 33.4. The van der Waals surface area contributed by atoms with E-state index in [0.29, 0.717) is 0 Å². The summed E-state index contributed by atoms with van der Waals surface area (Å²) in [6.07, 6.45) is 0. The molecule has 0 aliphatic heterocycles. The van der Waals surface area contributed by atoms with Gasteiger partial charge in [0.05, 0.1) is 0 Å². The molecule has 0 N–H and O–H groups in total. The third kappa shape index (κ3) is 4.63. The summed E-state index contributed by atoms with van der Waals surface area (Å²) in [5.74, 6) is 0. The lowest BCUT2D eigenvalue weighted by Crippen LogP contribution is -2.15. The van der Waals surface area contributed by atoms with Crippen LogP contribution in [0.5, 0.6) is 0 Å². The summed E-state index contributed by atoms with van der Waals surface area (Å²) >= 11 is 0. The van der Waals surface area contributed by atoms with Crippen molar-refractivity contribution in [3.63, 3.8) is 0 Å². The van der Waals surface area contributed by atoms with Crippen molar-refractivity contribution in [1.29, 1.82) is 0 Å². The van der Waals surface area contributed by atoms with Gasteiger partial charge in [0.15, 0.2) is 0 Å². The first-order chi connectivity index (χ1) is 29.5. The summed E-state index contributed by atoms with van der Waals surface area (Å²) < 4.78 is 6.88. The highest BCUT2D eigenvalue weighted by Crippen LogP contribution is 2.53. The molecule has 11 aromatic carbocycles. The second kappa shape index (κ2) is 12.3. The van der Waals surface area contributed by atoms with Gasteiger partial charge in [-0.1, -0.05) is 178 Å². The second-order valence-electron chi connectivity index (χ2n) is 17.2. The van der Waals surface area contributed by atoms with Crippen molar-refractivity contribution in [2.75, 3.05) is 0 Å². The summed E-state index contributed by atoms with van der Waals surface area (Å²) in [5, 5.41) is 14.8. The molecule has 0 saturated heterocycles. The van der Waals surface area contributed by atoms with Gasteiger partial charge in [0, 0.05) is 21.8 Å². The molecule has 1 heteroatoms. The van der Waals surface area contributed by atoms with Crippen LogP contribution in [0.15, 0.2) is 199 Å². The predicted molar refractivity (Wildman–Crippen MR) is 255 cm³/mol. The highest BCUT2D eigenvalue weighted by molar-refractivity contribution is 6.25. The summed E-state index contributed by atoms with van der Waals surface area (Å²) in [6, 6.07) is 71.9. The Hall–Kier alpha value is -7.48. The Morgan fingerprint density at radius 3 is 1.65 bits per heavy atom. The SMILES string of the molecule is CC1(C)c2ccc(-c3cc4ccccc4c4c3oc3cc5ccccc5cc34)cc2-c2ccc(-c3c4ccccc4c(-c4cccc5ccccc45)c4ccccc34)cc21. The van der Waals surface area contributed by atoms with Gasteiger partial charge in [-0.15, -0.1) is 0 Å². The maximum atomic E-state index is 6.88. The minimum Gasteiger partial charge on any atom is -0.455 e. The third-order valence-corrected chi connectivity index (χ3v) is 13.6. The summed E-state index contributed by atoms with van der Waals surface area (Å²) in [7, 11) is 0. The Balaban J connectivity index is 1.01. The number of fused-ring (bicyclic) bond motifs is 12. The van der Waals surface area contributed by atoms with Crippen molar-refractivity contribution >= 4 is 75.8 Å². The molecule has 13 rings (SSSR count). The zero-order chi connectivity index (χ0) is 39.7. The first kappa shape index (κ1) is 33.5. The van der Waals surface area contributed by atoms with Crippen molar-refractivity contribution in [3.8, 4) is 44.5 Å². The molecular weight excluding hydrogens is 725 g/mol. The second-order valence-corrected chi connectivity index (χ2v) is 17.2. The quantitative estimate of drug-likeness (QED) is 0.163. The standard InChI is InChI=1S/C59H38O/c1-59(2)52-29-27-39(49-31-38-17-6-8-20-42(38)57-51-30-36-15-3-4-16-37(36)34-54(51)60-58(49)57)32-50(52)43-28-26-40(33-53(43)59)55-45-21-9-11-23-47(45)56(48-24-12-10-22-46(48)55)44-25-13-18-35-14-5-7-19-41(35)44/h3-34H,1-2H3. The number of furan rings is 1. The number of hydrogen-bond donors (Lipinski definition) is 0.